The lowest BCUT2D eigenvalue weighted by atomic mass is 9.48. The van der Waals surface area contributed by atoms with Gasteiger partial charge in [0.15, 0.2) is 6.29 Å². The Kier molecular flexibility index (Phi) is 5.14. The lowest BCUT2D eigenvalue weighted by molar-refractivity contribution is -0.285. The minimum Gasteiger partial charge on any atom is -0.426 e. The van der Waals surface area contributed by atoms with Gasteiger partial charge in [0.25, 0.3) is 0 Å². The summed E-state index contributed by atoms with van der Waals surface area (Å²) in [6.45, 7) is 9.50. The standard InChI is InChI=1S/C27H34O4/c1-17(28)30-22-11-10-18-8-5-6-9-19(18)24(22)25-29-16-20-21(31-25)12-13-23-26(2,3)14-7-15-27(20,23)4/h5-6,8-11,20-21,23,25H,7,12-16H2,1-4H3/t20-,21-,23-,25+,27-/m0/s1. The Balaban J connectivity index is 1.48. The Bertz CT molecular complexity index is 996. The maximum Gasteiger partial charge on any atom is 0.308 e. The largest absolute Gasteiger partial charge is 0.426 e. The predicted octanol–water partition coefficient (Wildman–Crippen LogP) is 6.42. The van der Waals surface area contributed by atoms with E-state index in [0.29, 0.717) is 29.6 Å². The second kappa shape index (κ2) is 7.60. The number of carbonyl (C=O) groups is 1. The Morgan fingerprint density at radius 2 is 1.87 bits per heavy atom. The van der Waals surface area contributed by atoms with Gasteiger partial charge in [0.2, 0.25) is 0 Å². The average molecular weight is 423 g/mol. The van der Waals surface area contributed by atoms with Gasteiger partial charge in [-0.1, -0.05) is 57.5 Å². The fraction of sp³-hybridized carbons (Fsp3) is 0.593. The van der Waals surface area contributed by atoms with E-state index in [-0.39, 0.29) is 17.5 Å². The molecule has 3 aliphatic rings. The summed E-state index contributed by atoms with van der Waals surface area (Å²) in [5.74, 6) is 1.33. The molecule has 0 bridgehead atoms. The quantitative estimate of drug-likeness (QED) is 0.414. The zero-order chi connectivity index (χ0) is 21.8. The van der Waals surface area contributed by atoms with E-state index in [0.717, 1.165) is 22.8 Å². The van der Waals surface area contributed by atoms with Crippen LogP contribution in [0.4, 0.5) is 0 Å². The SMILES string of the molecule is CC(=O)Oc1ccc2ccccc2c1[C@@H]1OC[C@H]2[C@H](CC[C@H]3C(C)(C)CCC[C@@]23C)O1. The average Bonchev–Trinajstić information content (AvgIpc) is 2.72. The van der Waals surface area contributed by atoms with Crippen molar-refractivity contribution in [2.75, 3.05) is 6.61 Å². The molecule has 1 saturated heterocycles. The molecule has 166 valence electrons. The van der Waals surface area contributed by atoms with Crippen molar-refractivity contribution in [3.63, 3.8) is 0 Å². The van der Waals surface area contributed by atoms with E-state index in [1.807, 2.05) is 24.3 Å². The molecule has 1 heterocycles. The van der Waals surface area contributed by atoms with E-state index in [4.69, 9.17) is 14.2 Å². The van der Waals surface area contributed by atoms with Crippen LogP contribution < -0.4 is 4.74 Å². The molecule has 4 nitrogen and oxygen atoms in total. The van der Waals surface area contributed by atoms with Crippen LogP contribution in [0.25, 0.3) is 10.8 Å². The predicted molar refractivity (Wildman–Crippen MR) is 121 cm³/mol. The molecule has 0 amide bonds. The summed E-state index contributed by atoms with van der Waals surface area (Å²) in [7, 11) is 0. The van der Waals surface area contributed by atoms with E-state index in [2.05, 4.69) is 32.9 Å². The molecule has 1 aliphatic heterocycles. The van der Waals surface area contributed by atoms with Gasteiger partial charge in [0.1, 0.15) is 5.75 Å². The number of rotatable bonds is 2. The van der Waals surface area contributed by atoms with E-state index >= 15 is 0 Å². The summed E-state index contributed by atoms with van der Waals surface area (Å²) in [6.07, 6.45) is 5.80. The van der Waals surface area contributed by atoms with Crippen molar-refractivity contribution < 1.29 is 19.0 Å². The molecule has 2 aromatic rings. The molecule has 2 aromatic carbocycles. The van der Waals surface area contributed by atoms with Crippen molar-refractivity contribution in [2.45, 2.75) is 72.2 Å². The molecular weight excluding hydrogens is 388 g/mol. The van der Waals surface area contributed by atoms with Gasteiger partial charge in [0.05, 0.1) is 18.3 Å². The lowest BCUT2D eigenvalue weighted by Crippen LogP contribution is -2.57. The maximum atomic E-state index is 11.8. The van der Waals surface area contributed by atoms with Crippen molar-refractivity contribution in [1.29, 1.82) is 0 Å². The number of hydrogen-bond acceptors (Lipinski definition) is 4. The smallest absolute Gasteiger partial charge is 0.308 e. The van der Waals surface area contributed by atoms with Crippen LogP contribution in [0.3, 0.4) is 0 Å². The molecule has 5 atom stereocenters. The van der Waals surface area contributed by atoms with Gasteiger partial charge in [-0.15, -0.1) is 0 Å². The third kappa shape index (κ3) is 3.48. The molecule has 0 spiro atoms. The van der Waals surface area contributed by atoms with Crippen molar-refractivity contribution in [3.8, 4) is 5.75 Å². The molecule has 0 unspecified atom stereocenters. The van der Waals surface area contributed by atoms with Crippen LogP contribution in [0.2, 0.25) is 0 Å². The summed E-state index contributed by atoms with van der Waals surface area (Å²) in [4.78, 5) is 11.8. The summed E-state index contributed by atoms with van der Waals surface area (Å²) in [5.41, 5.74) is 1.48. The zero-order valence-corrected chi connectivity index (χ0v) is 19.1. The van der Waals surface area contributed by atoms with Crippen LogP contribution >= 0.6 is 0 Å². The normalized spacial score (nSPS) is 34.6. The summed E-state index contributed by atoms with van der Waals surface area (Å²) in [5, 5.41) is 2.11. The minimum absolute atomic E-state index is 0.179. The topological polar surface area (TPSA) is 44.8 Å². The number of fused-ring (bicyclic) bond motifs is 4. The zero-order valence-electron chi connectivity index (χ0n) is 19.1. The van der Waals surface area contributed by atoms with Crippen LogP contribution in [0, 0.1) is 22.7 Å². The highest BCUT2D eigenvalue weighted by molar-refractivity contribution is 5.89. The first-order chi connectivity index (χ1) is 14.8. The van der Waals surface area contributed by atoms with Crippen LogP contribution in [0.1, 0.15) is 71.7 Å². The van der Waals surface area contributed by atoms with Crippen LogP contribution in [-0.4, -0.2) is 18.7 Å². The Morgan fingerprint density at radius 3 is 2.68 bits per heavy atom. The fourth-order valence-corrected chi connectivity index (χ4v) is 7.05. The highest BCUT2D eigenvalue weighted by Gasteiger charge is 2.56. The van der Waals surface area contributed by atoms with Crippen molar-refractivity contribution in [3.05, 3.63) is 42.0 Å². The maximum absolute atomic E-state index is 11.8. The highest BCUT2D eigenvalue weighted by Crippen LogP contribution is 2.61. The van der Waals surface area contributed by atoms with Gasteiger partial charge in [-0.05, 0) is 59.3 Å². The van der Waals surface area contributed by atoms with Gasteiger partial charge < -0.3 is 14.2 Å². The third-order valence-electron chi connectivity index (χ3n) is 8.46. The molecule has 2 aliphatic carbocycles. The van der Waals surface area contributed by atoms with Gasteiger partial charge in [-0.2, -0.15) is 0 Å². The number of benzene rings is 2. The minimum atomic E-state index is -0.515. The van der Waals surface area contributed by atoms with Gasteiger partial charge in [0, 0.05) is 12.8 Å². The number of ether oxygens (including phenoxy) is 3. The summed E-state index contributed by atoms with van der Waals surface area (Å²) < 4.78 is 18.7. The molecule has 0 radical (unpaired) electrons. The van der Waals surface area contributed by atoms with E-state index in [1.165, 1.54) is 32.6 Å². The first-order valence-electron chi connectivity index (χ1n) is 11.8. The number of hydrogen-bond donors (Lipinski definition) is 0. The molecule has 0 N–H and O–H groups in total. The highest BCUT2D eigenvalue weighted by atomic mass is 16.7. The molecule has 4 heteroatoms. The van der Waals surface area contributed by atoms with Gasteiger partial charge in [-0.25, -0.2) is 0 Å². The number of carbonyl (C=O) groups excluding carboxylic acids is 1. The summed E-state index contributed by atoms with van der Waals surface area (Å²) >= 11 is 0. The number of esters is 1. The van der Waals surface area contributed by atoms with Gasteiger partial charge in [-0.3, -0.25) is 4.79 Å². The molecule has 3 fully saturated rings. The first-order valence-corrected chi connectivity index (χ1v) is 11.8. The van der Waals surface area contributed by atoms with Crippen LogP contribution in [0.15, 0.2) is 36.4 Å². The van der Waals surface area contributed by atoms with E-state index < -0.39 is 6.29 Å². The third-order valence-corrected chi connectivity index (χ3v) is 8.46. The Morgan fingerprint density at radius 1 is 1.06 bits per heavy atom. The van der Waals surface area contributed by atoms with Crippen LogP contribution in [0.5, 0.6) is 5.75 Å². The van der Waals surface area contributed by atoms with Crippen molar-refractivity contribution in [1.82, 2.24) is 0 Å². The van der Waals surface area contributed by atoms with Crippen molar-refractivity contribution >= 4 is 16.7 Å². The second-order valence-corrected chi connectivity index (χ2v) is 10.7. The summed E-state index contributed by atoms with van der Waals surface area (Å²) in [6, 6.07) is 12.0. The molecular formula is C27H34O4. The Labute approximate surface area is 185 Å². The molecule has 0 aromatic heterocycles. The second-order valence-electron chi connectivity index (χ2n) is 10.7. The monoisotopic (exact) mass is 422 g/mol. The molecule has 31 heavy (non-hydrogen) atoms. The fourth-order valence-electron chi connectivity index (χ4n) is 7.05. The van der Waals surface area contributed by atoms with Gasteiger partial charge >= 0.3 is 5.97 Å². The first kappa shape index (κ1) is 21.0. The van der Waals surface area contributed by atoms with Crippen molar-refractivity contribution in [2.24, 2.45) is 22.7 Å². The van der Waals surface area contributed by atoms with Crippen LogP contribution in [-0.2, 0) is 14.3 Å². The molecule has 2 saturated carbocycles. The lowest BCUT2D eigenvalue weighted by Gasteiger charge is -2.60. The Hall–Kier alpha value is -1.91. The molecule has 5 rings (SSSR count). The van der Waals surface area contributed by atoms with E-state index in [1.54, 1.807) is 0 Å². The van der Waals surface area contributed by atoms with E-state index in [9.17, 15) is 4.79 Å².